The monoisotopic (exact) mass is 353 g/mol. The van der Waals surface area contributed by atoms with Crippen LogP contribution >= 0.6 is 0 Å². The molecule has 0 saturated carbocycles. The first-order chi connectivity index (χ1) is 12.5. The number of anilines is 1. The lowest BCUT2D eigenvalue weighted by Gasteiger charge is -2.20. The van der Waals surface area contributed by atoms with Crippen molar-refractivity contribution in [2.45, 2.75) is 13.8 Å². The molecule has 0 fully saturated rings. The summed E-state index contributed by atoms with van der Waals surface area (Å²) in [4.78, 5) is 25.1. The van der Waals surface area contributed by atoms with Gasteiger partial charge in [-0.3, -0.25) is 4.79 Å². The van der Waals surface area contributed by atoms with Gasteiger partial charge in [0.05, 0.1) is 0 Å². The first kappa shape index (κ1) is 19.2. The molecule has 0 aliphatic heterocycles. The molecule has 2 aromatic rings. The molecule has 0 saturated heterocycles. The van der Waals surface area contributed by atoms with Gasteiger partial charge in [0.1, 0.15) is 5.75 Å². The van der Waals surface area contributed by atoms with Gasteiger partial charge in [-0.05, 0) is 49.8 Å². The van der Waals surface area contributed by atoms with Crippen LogP contribution in [-0.4, -0.2) is 36.6 Å². The zero-order valence-corrected chi connectivity index (χ0v) is 15.0. The summed E-state index contributed by atoms with van der Waals surface area (Å²) in [7, 11) is 0. The standard InChI is InChI=1S/C21H23NO4/c1-3-22(4-2)18-11-8-16(9-12-18)10-13-20(23)17-6-5-7-19(14-17)26-15-21(24)25/h5-14H,3-4,15H2,1-2H3,(H,24,25)/b13-10+. The molecule has 0 aromatic heterocycles. The van der Waals surface area contributed by atoms with E-state index >= 15 is 0 Å². The molecule has 0 heterocycles. The van der Waals surface area contributed by atoms with Crippen molar-refractivity contribution in [2.24, 2.45) is 0 Å². The fraction of sp³-hybridized carbons (Fsp3) is 0.238. The molecule has 26 heavy (non-hydrogen) atoms. The van der Waals surface area contributed by atoms with E-state index in [4.69, 9.17) is 9.84 Å². The zero-order valence-electron chi connectivity index (χ0n) is 15.0. The van der Waals surface area contributed by atoms with Gasteiger partial charge in [0.25, 0.3) is 0 Å². The number of rotatable bonds is 9. The normalized spacial score (nSPS) is 10.7. The van der Waals surface area contributed by atoms with E-state index in [-0.39, 0.29) is 5.78 Å². The van der Waals surface area contributed by atoms with E-state index in [2.05, 4.69) is 18.7 Å². The molecule has 2 aromatic carbocycles. The van der Waals surface area contributed by atoms with E-state index in [1.54, 1.807) is 30.3 Å². The van der Waals surface area contributed by atoms with E-state index in [0.29, 0.717) is 11.3 Å². The quantitative estimate of drug-likeness (QED) is 0.547. The van der Waals surface area contributed by atoms with Crippen molar-refractivity contribution in [1.29, 1.82) is 0 Å². The van der Waals surface area contributed by atoms with Gasteiger partial charge in [-0.2, -0.15) is 0 Å². The molecular weight excluding hydrogens is 330 g/mol. The average molecular weight is 353 g/mol. The highest BCUT2D eigenvalue weighted by Crippen LogP contribution is 2.17. The number of carbonyl (C=O) groups is 2. The highest BCUT2D eigenvalue weighted by molar-refractivity contribution is 6.07. The Morgan fingerprint density at radius 3 is 2.38 bits per heavy atom. The van der Waals surface area contributed by atoms with E-state index in [9.17, 15) is 9.59 Å². The Labute approximate surface area is 153 Å². The molecule has 0 unspecified atom stereocenters. The lowest BCUT2D eigenvalue weighted by molar-refractivity contribution is -0.139. The Hall–Kier alpha value is -3.08. The van der Waals surface area contributed by atoms with Crippen molar-refractivity contribution >= 4 is 23.5 Å². The predicted molar refractivity (Wildman–Crippen MR) is 103 cm³/mol. The van der Waals surface area contributed by atoms with E-state index in [1.807, 2.05) is 24.3 Å². The molecule has 2 rings (SSSR count). The van der Waals surface area contributed by atoms with E-state index in [0.717, 1.165) is 24.3 Å². The summed E-state index contributed by atoms with van der Waals surface area (Å²) < 4.78 is 5.10. The van der Waals surface area contributed by atoms with Crippen LogP contribution < -0.4 is 9.64 Å². The van der Waals surface area contributed by atoms with Gasteiger partial charge in [0, 0.05) is 24.3 Å². The third kappa shape index (κ3) is 5.48. The SMILES string of the molecule is CCN(CC)c1ccc(/C=C/C(=O)c2cccc(OCC(=O)O)c2)cc1. The molecule has 0 bridgehead atoms. The number of carbonyl (C=O) groups excluding carboxylic acids is 1. The number of carboxylic acid groups (broad SMARTS) is 1. The number of nitrogens with zero attached hydrogens (tertiary/aromatic N) is 1. The van der Waals surface area contributed by atoms with Crippen LogP contribution in [0, 0.1) is 0 Å². The van der Waals surface area contributed by atoms with Crippen LogP contribution in [-0.2, 0) is 4.79 Å². The summed E-state index contributed by atoms with van der Waals surface area (Å²) in [6, 6.07) is 14.5. The molecule has 1 N–H and O–H groups in total. The van der Waals surface area contributed by atoms with Gasteiger partial charge in [0.2, 0.25) is 0 Å². The Morgan fingerprint density at radius 2 is 1.77 bits per heavy atom. The summed E-state index contributed by atoms with van der Waals surface area (Å²) >= 11 is 0. The maximum Gasteiger partial charge on any atom is 0.341 e. The second-order valence-corrected chi connectivity index (χ2v) is 5.67. The van der Waals surface area contributed by atoms with Crippen LogP contribution in [0.2, 0.25) is 0 Å². The lowest BCUT2D eigenvalue weighted by Crippen LogP contribution is -2.21. The van der Waals surface area contributed by atoms with Crippen LogP contribution in [0.3, 0.4) is 0 Å². The maximum atomic E-state index is 12.3. The molecule has 0 radical (unpaired) electrons. The molecule has 0 amide bonds. The van der Waals surface area contributed by atoms with Gasteiger partial charge in [-0.25, -0.2) is 4.79 Å². The minimum Gasteiger partial charge on any atom is -0.482 e. The topological polar surface area (TPSA) is 66.8 Å². The third-order valence-corrected chi connectivity index (χ3v) is 3.93. The zero-order chi connectivity index (χ0) is 18.9. The van der Waals surface area contributed by atoms with Crippen molar-refractivity contribution in [3.63, 3.8) is 0 Å². The summed E-state index contributed by atoms with van der Waals surface area (Å²) in [6.45, 7) is 5.69. The largest absolute Gasteiger partial charge is 0.482 e. The molecule has 0 spiro atoms. The van der Waals surface area contributed by atoms with Crippen molar-refractivity contribution in [3.05, 3.63) is 65.7 Å². The van der Waals surface area contributed by atoms with Crippen molar-refractivity contribution in [2.75, 3.05) is 24.6 Å². The molecule has 0 atom stereocenters. The number of hydrogen-bond acceptors (Lipinski definition) is 4. The second kappa shape index (κ2) is 9.42. The van der Waals surface area contributed by atoms with Gasteiger partial charge >= 0.3 is 5.97 Å². The lowest BCUT2D eigenvalue weighted by atomic mass is 10.1. The summed E-state index contributed by atoms with van der Waals surface area (Å²) in [5.74, 6) is -0.872. The minimum atomic E-state index is -1.06. The van der Waals surface area contributed by atoms with Crippen LogP contribution in [0.4, 0.5) is 5.69 Å². The number of ketones is 1. The number of allylic oxidation sites excluding steroid dienone is 1. The average Bonchev–Trinajstić information content (AvgIpc) is 2.66. The first-order valence-electron chi connectivity index (χ1n) is 8.55. The second-order valence-electron chi connectivity index (χ2n) is 5.67. The highest BCUT2D eigenvalue weighted by Gasteiger charge is 2.05. The van der Waals surface area contributed by atoms with E-state index in [1.165, 1.54) is 6.08 Å². The van der Waals surface area contributed by atoms with Crippen LogP contribution in [0.25, 0.3) is 6.08 Å². The third-order valence-electron chi connectivity index (χ3n) is 3.93. The maximum absolute atomic E-state index is 12.3. The summed E-state index contributed by atoms with van der Waals surface area (Å²) in [5, 5.41) is 8.64. The number of carboxylic acids is 1. The Kier molecular flexibility index (Phi) is 6.97. The predicted octanol–water partition coefficient (Wildman–Crippen LogP) is 3.89. The molecular formula is C21H23NO4. The summed E-state index contributed by atoms with van der Waals surface area (Å²) in [5.41, 5.74) is 2.54. The highest BCUT2D eigenvalue weighted by atomic mass is 16.5. The van der Waals surface area contributed by atoms with Crippen molar-refractivity contribution in [3.8, 4) is 5.75 Å². The van der Waals surface area contributed by atoms with Gasteiger partial charge in [-0.15, -0.1) is 0 Å². The minimum absolute atomic E-state index is 0.168. The number of aliphatic carboxylic acids is 1. The van der Waals surface area contributed by atoms with Crippen LogP contribution in [0.1, 0.15) is 29.8 Å². The Balaban J connectivity index is 2.04. The van der Waals surface area contributed by atoms with Crippen molar-refractivity contribution in [1.82, 2.24) is 0 Å². The smallest absolute Gasteiger partial charge is 0.341 e. The molecule has 5 nitrogen and oxygen atoms in total. The van der Waals surface area contributed by atoms with Crippen LogP contribution in [0.5, 0.6) is 5.75 Å². The van der Waals surface area contributed by atoms with Gasteiger partial charge in [0.15, 0.2) is 12.4 Å². The van der Waals surface area contributed by atoms with Gasteiger partial charge < -0.3 is 14.7 Å². The van der Waals surface area contributed by atoms with Crippen molar-refractivity contribution < 1.29 is 19.4 Å². The Bertz CT molecular complexity index is 777. The molecule has 136 valence electrons. The molecule has 5 heteroatoms. The first-order valence-corrected chi connectivity index (χ1v) is 8.55. The number of hydrogen-bond donors (Lipinski definition) is 1. The number of ether oxygens (including phenoxy) is 1. The Morgan fingerprint density at radius 1 is 1.08 bits per heavy atom. The van der Waals surface area contributed by atoms with Gasteiger partial charge in [-0.1, -0.05) is 30.3 Å². The number of benzene rings is 2. The van der Waals surface area contributed by atoms with Crippen LogP contribution in [0.15, 0.2) is 54.6 Å². The van der Waals surface area contributed by atoms with E-state index < -0.39 is 12.6 Å². The molecule has 0 aliphatic rings. The fourth-order valence-electron chi connectivity index (χ4n) is 2.54. The molecule has 0 aliphatic carbocycles. The summed E-state index contributed by atoms with van der Waals surface area (Å²) in [6.07, 6.45) is 3.27. The fourth-order valence-corrected chi connectivity index (χ4v) is 2.54.